The molecule has 2 aliphatic rings. The van der Waals surface area contributed by atoms with Crippen molar-refractivity contribution >= 4 is 17.6 Å². The van der Waals surface area contributed by atoms with Crippen LogP contribution in [-0.4, -0.2) is 5.49 Å². The Morgan fingerprint density at radius 1 is 0.679 bits per heavy atom. The van der Waals surface area contributed by atoms with E-state index in [0.29, 0.717) is 0 Å². The van der Waals surface area contributed by atoms with Gasteiger partial charge in [0, 0.05) is 0 Å². The van der Waals surface area contributed by atoms with Gasteiger partial charge in [0.1, 0.15) is 0 Å². The fourth-order valence-electron chi connectivity index (χ4n) is 4.99. The fourth-order valence-corrected chi connectivity index (χ4v) is 34.4. The van der Waals surface area contributed by atoms with E-state index in [0.717, 1.165) is 7.35 Å². The van der Waals surface area contributed by atoms with Crippen LogP contribution >= 0.6 is 0 Å². The van der Waals surface area contributed by atoms with E-state index in [9.17, 15) is 0 Å². The Kier molecular flexibility index (Phi) is 7.81. The van der Waals surface area contributed by atoms with Gasteiger partial charge in [-0.25, -0.2) is 0 Å². The Balaban J connectivity index is 0.00000140. The Morgan fingerprint density at radius 2 is 1.07 bits per heavy atom. The minimum atomic E-state index is -2.02. The van der Waals surface area contributed by atoms with Crippen LogP contribution in [-0.2, 0) is 20.1 Å². The monoisotopic (exact) mass is 594 g/mol. The van der Waals surface area contributed by atoms with E-state index >= 15 is 0 Å². The smallest absolute Gasteiger partial charge is 1.00 e. The van der Waals surface area contributed by atoms with Gasteiger partial charge < -0.3 is 24.8 Å². The molecule has 4 rings (SSSR count). The van der Waals surface area contributed by atoms with Crippen LogP contribution in [0.5, 0.6) is 0 Å². The second-order valence-electron chi connectivity index (χ2n) is 8.25. The second kappa shape index (κ2) is 9.16. The van der Waals surface area contributed by atoms with Gasteiger partial charge in [-0.2, -0.15) is 0 Å². The van der Waals surface area contributed by atoms with Gasteiger partial charge in [-0.05, 0) is 0 Å². The van der Waals surface area contributed by atoms with Gasteiger partial charge in [0.25, 0.3) is 0 Å². The summed E-state index contributed by atoms with van der Waals surface area (Å²) in [7, 11) is 0. The Labute approximate surface area is 190 Å². The van der Waals surface area contributed by atoms with Crippen molar-refractivity contribution in [2.75, 3.05) is 0 Å². The maximum atomic E-state index is 2.61. The Bertz CT molecular complexity index is 938. The van der Waals surface area contributed by atoms with Gasteiger partial charge in [0.2, 0.25) is 0 Å². The minimum absolute atomic E-state index is 0. The van der Waals surface area contributed by atoms with Crippen molar-refractivity contribution in [3.63, 3.8) is 0 Å². The zero-order valence-electron chi connectivity index (χ0n) is 17.5. The third-order valence-corrected chi connectivity index (χ3v) is 34.5. The van der Waals surface area contributed by atoms with E-state index in [-0.39, 0.29) is 30.3 Å². The molecular formula is C24H28Cl2HfSi. The first kappa shape index (κ1) is 23.9. The molecule has 2 aromatic rings. The summed E-state index contributed by atoms with van der Waals surface area (Å²) in [4.78, 5) is 0. The molecule has 0 nitrogen and oxygen atoms in total. The summed E-state index contributed by atoms with van der Waals surface area (Å²) >= 11 is -2.02. The molecule has 0 aliphatic heterocycles. The predicted octanol–water partition coefficient (Wildman–Crippen LogP) is 0.797. The molecule has 0 fully saturated rings. The van der Waals surface area contributed by atoms with Crippen molar-refractivity contribution in [3.8, 4) is 0 Å². The first-order chi connectivity index (χ1) is 12.4. The van der Waals surface area contributed by atoms with Gasteiger partial charge in [-0.1, -0.05) is 0 Å². The van der Waals surface area contributed by atoms with Crippen LogP contribution in [0.3, 0.4) is 0 Å². The number of hydrogen-bond donors (Lipinski definition) is 0. The molecule has 0 bridgehead atoms. The van der Waals surface area contributed by atoms with Crippen LogP contribution in [0.1, 0.15) is 54.6 Å². The standard InChI is InChI=1S/2C11H11.C2H6Si.2ClH.Hf/c2*1-8-6-10-5-3-4-9(2)11(10)7-8;1-3-2;;;/h2*3-7H,1-2H3;1-2H3;2*1H;/q;;;;;+2/p-2. The molecule has 0 amide bonds. The van der Waals surface area contributed by atoms with E-state index < -0.39 is 20.1 Å². The van der Waals surface area contributed by atoms with Crippen molar-refractivity contribution in [1.82, 2.24) is 0 Å². The molecule has 0 saturated heterocycles. The van der Waals surface area contributed by atoms with Gasteiger partial charge in [-0.3, -0.25) is 0 Å². The number of benzene rings is 2. The molecule has 0 spiro atoms. The van der Waals surface area contributed by atoms with Crippen molar-refractivity contribution in [3.05, 3.63) is 80.9 Å². The van der Waals surface area contributed by atoms with Crippen LogP contribution in [0, 0.1) is 13.8 Å². The molecule has 2 aliphatic carbocycles. The first-order valence-electron chi connectivity index (χ1n) is 9.62. The zero-order valence-corrected chi connectivity index (χ0v) is 23.6. The molecule has 2 aromatic carbocycles. The number of allylic oxidation sites excluding steroid dienone is 2. The number of aryl methyl sites for hydroxylation is 2. The van der Waals surface area contributed by atoms with E-state index in [4.69, 9.17) is 0 Å². The normalized spacial score (nSPS) is 18.6. The summed E-state index contributed by atoms with van der Waals surface area (Å²) in [6, 6.07) is 14.0. The summed E-state index contributed by atoms with van der Waals surface area (Å²) in [5.41, 5.74) is 12.3. The molecule has 146 valence electrons. The Morgan fingerprint density at radius 3 is 1.43 bits per heavy atom. The molecule has 2 atom stereocenters. The number of halogens is 2. The van der Waals surface area contributed by atoms with Gasteiger partial charge in [0.05, 0.1) is 0 Å². The third kappa shape index (κ3) is 3.83. The number of fused-ring (bicyclic) bond motifs is 2. The SMILES string of the molecule is CC1=Cc2c(C)cccc2[CH]1[Hf+2]([CH]1C(C)=Cc2c(C)cccc21)=[Si](C)C.[Cl-].[Cl-]. The maximum absolute atomic E-state index is 2.61. The molecule has 0 aromatic heterocycles. The quantitative estimate of drug-likeness (QED) is 0.452. The van der Waals surface area contributed by atoms with Crippen LogP contribution in [0.2, 0.25) is 13.1 Å². The second-order valence-corrected chi connectivity index (χ2v) is 33.2. The average molecular weight is 594 g/mol. The van der Waals surface area contributed by atoms with Crippen LogP contribution in [0.15, 0.2) is 47.5 Å². The minimum Gasteiger partial charge on any atom is -1.00 e. The summed E-state index contributed by atoms with van der Waals surface area (Å²) < 4.78 is 1.55. The number of rotatable bonds is 2. The molecule has 28 heavy (non-hydrogen) atoms. The largest absolute Gasteiger partial charge is 1.00 e. The molecule has 0 N–H and O–H groups in total. The van der Waals surface area contributed by atoms with Gasteiger partial charge in [0.15, 0.2) is 0 Å². The third-order valence-electron chi connectivity index (χ3n) is 6.19. The summed E-state index contributed by atoms with van der Waals surface area (Å²) in [6.07, 6.45) is 5.02. The van der Waals surface area contributed by atoms with Crippen LogP contribution in [0.4, 0.5) is 0 Å². The van der Waals surface area contributed by atoms with E-state index in [1.54, 1.807) is 22.3 Å². The number of hydrogen-bond acceptors (Lipinski definition) is 0. The van der Waals surface area contributed by atoms with E-state index in [1.807, 2.05) is 0 Å². The topological polar surface area (TPSA) is 0 Å². The Hall–Kier alpha value is -0.413. The summed E-state index contributed by atoms with van der Waals surface area (Å²) in [6.45, 7) is 14.6. The van der Waals surface area contributed by atoms with Gasteiger partial charge in [-0.15, -0.1) is 0 Å². The fraction of sp³-hybridized carbons (Fsp3) is 0.333. The van der Waals surface area contributed by atoms with Gasteiger partial charge >= 0.3 is 167 Å². The molecule has 0 saturated carbocycles. The van der Waals surface area contributed by atoms with Crippen molar-refractivity contribution in [1.29, 1.82) is 0 Å². The molecule has 4 heteroatoms. The average Bonchev–Trinajstić information content (AvgIpc) is 3.09. The zero-order chi connectivity index (χ0) is 18.6. The van der Waals surface area contributed by atoms with Crippen molar-refractivity contribution in [2.24, 2.45) is 0 Å². The summed E-state index contributed by atoms with van der Waals surface area (Å²) in [5.74, 6) is 0. The van der Waals surface area contributed by atoms with Crippen molar-refractivity contribution < 1.29 is 44.9 Å². The predicted molar refractivity (Wildman–Crippen MR) is 113 cm³/mol. The van der Waals surface area contributed by atoms with Crippen LogP contribution < -0.4 is 24.8 Å². The van der Waals surface area contributed by atoms with Crippen LogP contribution in [0.25, 0.3) is 12.2 Å². The molecular weight excluding hydrogens is 566 g/mol. The molecule has 2 unspecified atom stereocenters. The summed E-state index contributed by atoms with van der Waals surface area (Å²) in [5, 5.41) is 0. The first-order valence-corrected chi connectivity index (χ1v) is 21.7. The van der Waals surface area contributed by atoms with E-state index in [2.05, 4.69) is 89.3 Å². The van der Waals surface area contributed by atoms with Crippen molar-refractivity contribution in [2.45, 2.75) is 48.1 Å². The van der Waals surface area contributed by atoms with E-state index in [1.165, 1.54) is 22.3 Å². The maximum Gasteiger partial charge on any atom is -1.00 e. The molecule has 0 radical (unpaired) electrons. The molecule has 0 heterocycles.